The van der Waals surface area contributed by atoms with Crippen LogP contribution in [0.4, 0.5) is 0 Å². The second-order valence-electron chi connectivity index (χ2n) is 4.56. The van der Waals surface area contributed by atoms with Crippen LogP contribution < -0.4 is 0 Å². The summed E-state index contributed by atoms with van der Waals surface area (Å²) in [5.74, 6) is -0.257. The number of hydrogen-bond donors (Lipinski definition) is 1. The molecule has 0 rings (SSSR count). The Morgan fingerprint density at radius 2 is 1.88 bits per heavy atom. The van der Waals surface area contributed by atoms with E-state index in [1.807, 2.05) is 0 Å². The summed E-state index contributed by atoms with van der Waals surface area (Å²) in [6.07, 6.45) is 5.20. The highest BCUT2D eigenvalue weighted by atomic mass is 16.4. The van der Waals surface area contributed by atoms with E-state index in [0.717, 1.165) is 25.9 Å². The molecule has 0 bridgehead atoms. The van der Waals surface area contributed by atoms with Crippen molar-refractivity contribution in [1.29, 1.82) is 0 Å². The Hall–Kier alpha value is -0.830. The molecule has 0 spiro atoms. The number of aliphatic carboxylic acids is 1. The third-order valence-corrected chi connectivity index (χ3v) is 2.66. The van der Waals surface area contributed by atoms with E-state index in [1.54, 1.807) is 6.08 Å². The zero-order chi connectivity index (χ0) is 12.6. The van der Waals surface area contributed by atoms with Gasteiger partial charge in [0.25, 0.3) is 0 Å². The third kappa shape index (κ3) is 6.62. The molecular formula is C13H25NO2. The molecule has 0 heterocycles. The van der Waals surface area contributed by atoms with Crippen molar-refractivity contribution in [2.24, 2.45) is 5.92 Å². The predicted molar refractivity (Wildman–Crippen MR) is 67.6 cm³/mol. The average molecular weight is 227 g/mol. The lowest BCUT2D eigenvalue weighted by Crippen LogP contribution is -2.37. The summed E-state index contributed by atoms with van der Waals surface area (Å²) in [7, 11) is 0. The molecule has 0 saturated carbocycles. The maximum atomic E-state index is 10.4. The first-order valence-electron chi connectivity index (χ1n) is 6.14. The lowest BCUT2D eigenvalue weighted by molar-refractivity contribution is -0.131. The van der Waals surface area contributed by atoms with Crippen molar-refractivity contribution in [1.82, 2.24) is 4.90 Å². The fourth-order valence-corrected chi connectivity index (χ4v) is 1.94. The summed E-state index contributed by atoms with van der Waals surface area (Å²) in [4.78, 5) is 12.8. The number of carboxylic acids is 1. The molecule has 3 heteroatoms. The Morgan fingerprint density at radius 3 is 2.25 bits per heavy atom. The molecule has 0 aromatic heterocycles. The van der Waals surface area contributed by atoms with Gasteiger partial charge in [-0.2, -0.15) is 0 Å². The molecule has 0 aliphatic carbocycles. The molecule has 1 N–H and O–H groups in total. The van der Waals surface area contributed by atoms with Gasteiger partial charge in [-0.25, -0.2) is 4.79 Å². The van der Waals surface area contributed by atoms with E-state index in [1.165, 1.54) is 6.08 Å². The summed E-state index contributed by atoms with van der Waals surface area (Å²) in [6.45, 7) is 10.5. The molecule has 0 radical (unpaired) electrons. The molecule has 94 valence electrons. The van der Waals surface area contributed by atoms with Crippen LogP contribution in [-0.4, -0.2) is 35.1 Å². The lowest BCUT2D eigenvalue weighted by Gasteiger charge is -2.30. The van der Waals surface area contributed by atoms with Gasteiger partial charge in [0, 0.05) is 25.2 Å². The largest absolute Gasteiger partial charge is 0.478 e. The van der Waals surface area contributed by atoms with E-state index in [9.17, 15) is 4.79 Å². The van der Waals surface area contributed by atoms with Gasteiger partial charge < -0.3 is 5.11 Å². The first kappa shape index (κ1) is 15.2. The molecule has 16 heavy (non-hydrogen) atoms. The van der Waals surface area contributed by atoms with Gasteiger partial charge in [0.15, 0.2) is 0 Å². The molecule has 0 atom stereocenters. The second kappa shape index (κ2) is 8.34. The lowest BCUT2D eigenvalue weighted by atomic mass is 10.1. The Morgan fingerprint density at radius 1 is 1.31 bits per heavy atom. The monoisotopic (exact) mass is 227 g/mol. The van der Waals surface area contributed by atoms with Gasteiger partial charge in [0.1, 0.15) is 0 Å². The van der Waals surface area contributed by atoms with Gasteiger partial charge in [-0.15, -0.1) is 0 Å². The topological polar surface area (TPSA) is 40.5 Å². The van der Waals surface area contributed by atoms with Gasteiger partial charge in [-0.1, -0.05) is 33.8 Å². The van der Waals surface area contributed by atoms with Crippen molar-refractivity contribution in [3.8, 4) is 0 Å². The van der Waals surface area contributed by atoms with Gasteiger partial charge in [-0.05, 0) is 18.8 Å². The molecule has 3 nitrogen and oxygen atoms in total. The van der Waals surface area contributed by atoms with E-state index < -0.39 is 5.97 Å². The summed E-state index contributed by atoms with van der Waals surface area (Å²) in [5.41, 5.74) is 0. The van der Waals surface area contributed by atoms with Crippen LogP contribution in [0.1, 0.15) is 40.5 Å². The minimum atomic E-state index is -0.867. The number of rotatable bonds is 8. The summed E-state index contributed by atoms with van der Waals surface area (Å²) in [6, 6.07) is 0.556. The van der Waals surface area contributed by atoms with Crippen molar-refractivity contribution in [2.45, 2.75) is 46.6 Å². The van der Waals surface area contributed by atoms with Gasteiger partial charge >= 0.3 is 5.97 Å². The second-order valence-corrected chi connectivity index (χ2v) is 4.56. The Balaban J connectivity index is 4.35. The maximum Gasteiger partial charge on any atom is 0.328 e. The molecule has 0 aromatic carbocycles. The van der Waals surface area contributed by atoms with E-state index in [4.69, 9.17) is 5.11 Å². The van der Waals surface area contributed by atoms with Crippen molar-refractivity contribution < 1.29 is 9.90 Å². The number of carboxylic acid groups (broad SMARTS) is 1. The van der Waals surface area contributed by atoms with E-state index in [0.29, 0.717) is 12.0 Å². The minimum absolute atomic E-state index is 0.556. The van der Waals surface area contributed by atoms with E-state index in [-0.39, 0.29) is 0 Å². The molecule has 0 saturated heterocycles. The first-order chi connectivity index (χ1) is 7.51. The van der Waals surface area contributed by atoms with Crippen LogP contribution in [-0.2, 0) is 4.79 Å². The fourth-order valence-electron chi connectivity index (χ4n) is 1.94. The van der Waals surface area contributed by atoms with Crippen molar-refractivity contribution >= 4 is 5.97 Å². The highest BCUT2D eigenvalue weighted by Gasteiger charge is 2.14. The molecule has 0 amide bonds. The Bertz CT molecular complexity index is 220. The highest BCUT2D eigenvalue weighted by Crippen LogP contribution is 2.11. The van der Waals surface area contributed by atoms with Crippen LogP contribution in [0.5, 0.6) is 0 Å². The SMILES string of the molecule is CCC(CC)N(CC=CC(=O)O)CC(C)C. The summed E-state index contributed by atoms with van der Waals surface area (Å²) in [5, 5.41) is 8.56. The fraction of sp³-hybridized carbons (Fsp3) is 0.769. The number of nitrogens with zero attached hydrogens (tertiary/aromatic N) is 1. The molecule has 0 unspecified atom stereocenters. The van der Waals surface area contributed by atoms with Gasteiger partial charge in [0.2, 0.25) is 0 Å². The number of hydrogen-bond acceptors (Lipinski definition) is 2. The van der Waals surface area contributed by atoms with Crippen LogP contribution in [0.2, 0.25) is 0 Å². The van der Waals surface area contributed by atoms with Crippen molar-refractivity contribution in [3.05, 3.63) is 12.2 Å². The smallest absolute Gasteiger partial charge is 0.328 e. The molecule has 0 fully saturated rings. The van der Waals surface area contributed by atoms with E-state index in [2.05, 4.69) is 32.6 Å². The normalized spacial score (nSPS) is 12.2. The van der Waals surface area contributed by atoms with Crippen LogP contribution >= 0.6 is 0 Å². The number of carbonyl (C=O) groups is 1. The zero-order valence-corrected chi connectivity index (χ0v) is 10.9. The molecular weight excluding hydrogens is 202 g/mol. The standard InChI is InChI=1S/C13H25NO2/c1-5-12(6-2)14(10-11(3)4)9-7-8-13(15)16/h7-8,11-12H,5-6,9-10H2,1-4H3,(H,15,16). The van der Waals surface area contributed by atoms with Crippen LogP contribution in [0, 0.1) is 5.92 Å². The zero-order valence-electron chi connectivity index (χ0n) is 10.9. The van der Waals surface area contributed by atoms with Crippen LogP contribution in [0.25, 0.3) is 0 Å². The average Bonchev–Trinajstić information content (AvgIpc) is 2.17. The van der Waals surface area contributed by atoms with Crippen molar-refractivity contribution in [3.63, 3.8) is 0 Å². The van der Waals surface area contributed by atoms with Gasteiger partial charge in [0.05, 0.1) is 0 Å². The highest BCUT2D eigenvalue weighted by molar-refractivity contribution is 5.79. The quantitative estimate of drug-likeness (QED) is 0.648. The molecule has 0 aromatic rings. The van der Waals surface area contributed by atoms with E-state index >= 15 is 0 Å². The predicted octanol–water partition coefficient (Wildman–Crippen LogP) is 2.77. The van der Waals surface area contributed by atoms with Crippen LogP contribution in [0.3, 0.4) is 0 Å². The molecule has 0 aliphatic heterocycles. The van der Waals surface area contributed by atoms with Gasteiger partial charge in [-0.3, -0.25) is 4.90 Å². The van der Waals surface area contributed by atoms with Crippen molar-refractivity contribution in [2.75, 3.05) is 13.1 Å². The minimum Gasteiger partial charge on any atom is -0.478 e. The first-order valence-corrected chi connectivity index (χ1v) is 6.14. The maximum absolute atomic E-state index is 10.4. The molecule has 0 aliphatic rings. The summed E-state index contributed by atoms with van der Waals surface area (Å²) < 4.78 is 0. The Labute approximate surface area is 99.1 Å². The third-order valence-electron chi connectivity index (χ3n) is 2.66. The Kier molecular flexibility index (Phi) is 7.90. The van der Waals surface area contributed by atoms with Crippen LogP contribution in [0.15, 0.2) is 12.2 Å². The summed E-state index contributed by atoms with van der Waals surface area (Å²) >= 11 is 0.